The van der Waals surface area contributed by atoms with Gasteiger partial charge in [0.15, 0.2) is 5.57 Å². The smallest absolute Gasteiger partial charge is 0.281 e. The van der Waals surface area contributed by atoms with E-state index in [9.17, 15) is 20.2 Å². The number of nitrogens with one attached hydrogen (secondary N) is 1. The Morgan fingerprint density at radius 1 is 1.05 bits per heavy atom. The van der Waals surface area contributed by atoms with E-state index in [0.717, 1.165) is 12.1 Å². The van der Waals surface area contributed by atoms with Gasteiger partial charge in [-0.25, -0.2) is 0 Å². The molecule has 0 radical (unpaired) electrons. The number of nitrogens with zero attached hydrogens (tertiary/aromatic N) is 5. The third kappa shape index (κ3) is 3.13. The maximum atomic E-state index is 10.9. The molecule has 1 N–H and O–H groups in total. The highest BCUT2D eigenvalue weighted by Crippen LogP contribution is 2.32. The molecule has 0 aliphatic carbocycles. The van der Waals surface area contributed by atoms with Crippen molar-refractivity contribution in [1.29, 1.82) is 15.8 Å². The number of allylic oxidation sites excluding steroid dienone is 2. The molecule has 0 amide bonds. The average molecular weight is 298 g/mol. The van der Waals surface area contributed by atoms with Gasteiger partial charge in [-0.2, -0.15) is 15.8 Å². The van der Waals surface area contributed by atoms with Gasteiger partial charge in [0.2, 0.25) is 0 Å². The first-order chi connectivity index (χ1) is 10.3. The van der Waals surface area contributed by atoms with Gasteiger partial charge in [-0.15, -0.1) is 0 Å². The Kier molecular flexibility index (Phi) is 4.72. The Labute approximate surface area is 123 Å². The first kappa shape index (κ1) is 16.1. The van der Waals surface area contributed by atoms with Crippen molar-refractivity contribution in [3.63, 3.8) is 0 Å². The van der Waals surface area contributed by atoms with Crippen LogP contribution >= 0.6 is 0 Å². The third-order valence-electron chi connectivity index (χ3n) is 2.60. The van der Waals surface area contributed by atoms with E-state index in [1.54, 1.807) is 6.07 Å². The number of nitro groups is 2. The molecule has 0 fully saturated rings. The molecule has 0 aliphatic rings. The van der Waals surface area contributed by atoms with Gasteiger partial charge in [-0.1, -0.05) is 0 Å². The summed E-state index contributed by atoms with van der Waals surface area (Å²) in [6.45, 7) is 1.22. The van der Waals surface area contributed by atoms with E-state index >= 15 is 0 Å². The molecule has 0 saturated heterocycles. The lowest BCUT2D eigenvalue weighted by Gasteiger charge is -2.06. The Hall–Kier alpha value is -3.97. The molecule has 1 aromatic carbocycles. The fourth-order valence-corrected chi connectivity index (χ4v) is 1.56. The lowest BCUT2D eigenvalue weighted by atomic mass is 10.1. The van der Waals surface area contributed by atoms with Crippen LogP contribution in [0.4, 0.5) is 17.1 Å². The first-order valence-corrected chi connectivity index (χ1v) is 5.50. The van der Waals surface area contributed by atoms with Crippen molar-refractivity contribution in [3.05, 3.63) is 49.2 Å². The summed E-state index contributed by atoms with van der Waals surface area (Å²) >= 11 is 0. The van der Waals surface area contributed by atoms with Gasteiger partial charge in [0.1, 0.15) is 29.5 Å². The minimum Gasteiger partial charge on any atom is -0.345 e. The second-order valence-corrected chi connectivity index (χ2v) is 3.86. The zero-order chi connectivity index (χ0) is 16.9. The van der Waals surface area contributed by atoms with E-state index in [2.05, 4.69) is 5.32 Å². The Morgan fingerprint density at radius 3 is 1.82 bits per heavy atom. The highest BCUT2D eigenvalue weighted by atomic mass is 16.6. The quantitative estimate of drug-likeness (QED) is 0.499. The minimum atomic E-state index is -0.807. The van der Waals surface area contributed by atoms with Crippen LogP contribution in [0.25, 0.3) is 0 Å². The second-order valence-electron chi connectivity index (χ2n) is 3.86. The van der Waals surface area contributed by atoms with E-state index < -0.39 is 32.5 Å². The van der Waals surface area contributed by atoms with E-state index in [0.29, 0.717) is 0 Å². The number of benzene rings is 1. The molecule has 1 aromatic rings. The summed E-state index contributed by atoms with van der Waals surface area (Å²) in [6.07, 6.45) is 0. The van der Waals surface area contributed by atoms with Crippen LogP contribution in [-0.2, 0) is 0 Å². The number of hydrogen-bond donors (Lipinski definition) is 1. The first-order valence-electron chi connectivity index (χ1n) is 5.50. The Balaban J connectivity index is 3.52. The number of anilines is 1. The molecule has 0 atom stereocenters. The molecule has 10 nitrogen and oxygen atoms in total. The lowest BCUT2D eigenvalue weighted by Crippen LogP contribution is -2.04. The normalized spacial score (nSPS) is 8.82. The summed E-state index contributed by atoms with van der Waals surface area (Å²) in [7, 11) is 0. The van der Waals surface area contributed by atoms with Crippen LogP contribution in [0, 0.1) is 61.1 Å². The molecule has 0 aromatic heterocycles. The van der Waals surface area contributed by atoms with Gasteiger partial charge >= 0.3 is 0 Å². The van der Waals surface area contributed by atoms with Crippen LogP contribution in [0.15, 0.2) is 23.4 Å². The van der Waals surface area contributed by atoms with Crippen molar-refractivity contribution in [3.8, 4) is 18.2 Å². The van der Waals surface area contributed by atoms with Crippen LogP contribution in [0.1, 0.15) is 5.56 Å². The molecule has 0 aliphatic heterocycles. The maximum absolute atomic E-state index is 10.9. The summed E-state index contributed by atoms with van der Waals surface area (Å²) in [4.78, 5) is 20.2. The van der Waals surface area contributed by atoms with Gasteiger partial charge in [-0.3, -0.25) is 20.2 Å². The van der Waals surface area contributed by atoms with Crippen LogP contribution in [0.2, 0.25) is 0 Å². The van der Waals surface area contributed by atoms with E-state index in [1.165, 1.54) is 19.1 Å². The predicted octanol–water partition coefficient (Wildman–Crippen LogP) is 2.05. The standard InChI is InChI=1S/C12H6N6O4/c1-7-11(17(19)20)2-9(3-12(7)18(21)22)16-10(6-15)8(4-13)5-14/h2-3,16H,1H3. The summed E-state index contributed by atoms with van der Waals surface area (Å²) in [5.74, 6) is 0. The van der Waals surface area contributed by atoms with Crippen molar-refractivity contribution >= 4 is 17.1 Å². The summed E-state index contributed by atoms with van der Waals surface area (Å²) < 4.78 is 0. The van der Waals surface area contributed by atoms with Gasteiger partial charge in [0.25, 0.3) is 11.4 Å². The Bertz CT molecular complexity index is 770. The number of hydrogen-bond acceptors (Lipinski definition) is 8. The zero-order valence-corrected chi connectivity index (χ0v) is 11.0. The zero-order valence-electron chi connectivity index (χ0n) is 11.0. The van der Waals surface area contributed by atoms with E-state index in [4.69, 9.17) is 15.8 Å². The molecular weight excluding hydrogens is 292 g/mol. The van der Waals surface area contributed by atoms with Crippen LogP contribution < -0.4 is 5.32 Å². The van der Waals surface area contributed by atoms with Gasteiger partial charge in [0.05, 0.1) is 15.5 Å². The highest BCUT2D eigenvalue weighted by Gasteiger charge is 2.23. The van der Waals surface area contributed by atoms with Crippen LogP contribution in [0.3, 0.4) is 0 Å². The molecular formula is C12H6N6O4. The molecule has 22 heavy (non-hydrogen) atoms. The number of nitro benzene ring substituents is 2. The molecule has 1 rings (SSSR count). The predicted molar refractivity (Wildman–Crippen MR) is 72.0 cm³/mol. The molecule has 0 spiro atoms. The average Bonchev–Trinajstić information content (AvgIpc) is 2.47. The maximum Gasteiger partial charge on any atom is 0.281 e. The molecule has 0 heterocycles. The minimum absolute atomic E-state index is 0.149. The lowest BCUT2D eigenvalue weighted by molar-refractivity contribution is -0.395. The highest BCUT2D eigenvalue weighted by molar-refractivity contribution is 5.68. The van der Waals surface area contributed by atoms with Crippen molar-refractivity contribution in [2.75, 3.05) is 5.32 Å². The third-order valence-corrected chi connectivity index (χ3v) is 2.60. The van der Waals surface area contributed by atoms with Crippen molar-refractivity contribution in [2.45, 2.75) is 6.92 Å². The largest absolute Gasteiger partial charge is 0.345 e. The van der Waals surface area contributed by atoms with Crippen molar-refractivity contribution in [1.82, 2.24) is 0 Å². The summed E-state index contributed by atoms with van der Waals surface area (Å²) in [5.41, 5.74) is -2.35. The summed E-state index contributed by atoms with van der Waals surface area (Å²) in [5, 5.41) is 50.4. The van der Waals surface area contributed by atoms with E-state index in [-0.39, 0.29) is 11.3 Å². The number of nitriles is 3. The van der Waals surface area contributed by atoms with Crippen LogP contribution in [-0.4, -0.2) is 9.85 Å². The molecule has 0 bridgehead atoms. The topological polar surface area (TPSA) is 170 Å². The molecule has 0 saturated carbocycles. The molecule has 0 unspecified atom stereocenters. The SMILES string of the molecule is Cc1c([N+](=O)[O-])cc(NC(C#N)=C(C#N)C#N)cc1[N+](=O)[O-]. The van der Waals surface area contributed by atoms with Crippen molar-refractivity contribution < 1.29 is 9.85 Å². The number of rotatable bonds is 4. The van der Waals surface area contributed by atoms with Gasteiger partial charge < -0.3 is 5.32 Å². The van der Waals surface area contributed by atoms with E-state index in [1.807, 2.05) is 0 Å². The summed E-state index contributed by atoms with van der Waals surface area (Å²) in [6, 6.07) is 6.45. The fraction of sp³-hybridized carbons (Fsp3) is 0.0833. The van der Waals surface area contributed by atoms with Crippen LogP contribution in [0.5, 0.6) is 0 Å². The Morgan fingerprint density at radius 2 is 1.50 bits per heavy atom. The molecule has 10 heteroatoms. The monoisotopic (exact) mass is 298 g/mol. The van der Waals surface area contributed by atoms with Gasteiger partial charge in [-0.05, 0) is 6.92 Å². The van der Waals surface area contributed by atoms with Gasteiger partial charge in [0, 0.05) is 12.1 Å². The van der Waals surface area contributed by atoms with Crippen molar-refractivity contribution in [2.24, 2.45) is 0 Å². The second kappa shape index (κ2) is 6.46. The molecule has 108 valence electrons. The fourth-order valence-electron chi connectivity index (χ4n) is 1.56.